The lowest BCUT2D eigenvalue weighted by atomic mass is 9.95. The Labute approximate surface area is 175 Å². The third-order valence-corrected chi connectivity index (χ3v) is 4.71. The summed E-state index contributed by atoms with van der Waals surface area (Å²) in [6.45, 7) is 0.936. The number of carbonyl (C=O) groups is 2. The molecule has 2 heterocycles. The number of aliphatic hydroxyl groups excluding tert-OH is 5. The highest BCUT2D eigenvalue weighted by molar-refractivity contribution is 5.66. The van der Waals surface area contributed by atoms with Crippen LogP contribution in [0.5, 0.6) is 0 Å². The molecule has 0 bridgehead atoms. The Morgan fingerprint density at radius 3 is 2.23 bits per heavy atom. The van der Waals surface area contributed by atoms with Gasteiger partial charge in [-0.3, -0.25) is 9.59 Å². The Balaban J connectivity index is 2.36. The molecule has 15 heteroatoms. The summed E-state index contributed by atoms with van der Waals surface area (Å²) in [6.07, 6.45) is -14.2. The fourth-order valence-electron chi connectivity index (χ4n) is 3.25. The lowest BCUT2D eigenvalue weighted by Gasteiger charge is -2.46. The number of nitrogens with zero attached hydrogens (tertiary/aromatic N) is 3. The fourth-order valence-corrected chi connectivity index (χ4v) is 3.25. The normalized spacial score (nSPS) is 40.5. The van der Waals surface area contributed by atoms with E-state index in [9.17, 15) is 35.1 Å². The SMILES string of the molecule is CC(=O)OC[C@H]1OC(O)C(N=[N+]=[N-])[C@@H](OC(C)=O)[C@@H]1O[C@@H]1O[C@H](CO)[C@H](O)[C@H](O)[C@H]1O. The minimum Gasteiger partial charge on any atom is -0.463 e. The molecule has 0 aromatic carbocycles. The molecule has 2 unspecified atom stereocenters. The maximum Gasteiger partial charge on any atom is 0.303 e. The first-order chi connectivity index (χ1) is 14.6. The maximum absolute atomic E-state index is 11.6. The van der Waals surface area contributed by atoms with Crippen LogP contribution in [0, 0.1) is 0 Å². The van der Waals surface area contributed by atoms with E-state index in [2.05, 4.69) is 10.0 Å². The van der Waals surface area contributed by atoms with Crippen molar-refractivity contribution in [2.45, 2.75) is 75.2 Å². The van der Waals surface area contributed by atoms with Gasteiger partial charge in [0.25, 0.3) is 0 Å². The van der Waals surface area contributed by atoms with Crippen molar-refractivity contribution >= 4 is 11.9 Å². The lowest BCUT2D eigenvalue weighted by molar-refractivity contribution is -0.344. The van der Waals surface area contributed by atoms with E-state index in [1.54, 1.807) is 0 Å². The quantitative estimate of drug-likeness (QED) is 0.113. The van der Waals surface area contributed by atoms with Crippen molar-refractivity contribution in [1.82, 2.24) is 0 Å². The number of ether oxygens (including phenoxy) is 5. The zero-order valence-electron chi connectivity index (χ0n) is 16.6. The van der Waals surface area contributed by atoms with Crippen LogP contribution >= 0.6 is 0 Å². The van der Waals surface area contributed by atoms with Crippen LogP contribution in [0.1, 0.15) is 13.8 Å². The summed E-state index contributed by atoms with van der Waals surface area (Å²) in [6, 6.07) is -1.49. The van der Waals surface area contributed by atoms with Gasteiger partial charge in [-0.05, 0) is 5.53 Å². The van der Waals surface area contributed by atoms with Gasteiger partial charge in [-0.2, -0.15) is 0 Å². The molecule has 2 saturated heterocycles. The summed E-state index contributed by atoms with van der Waals surface area (Å²) in [5, 5.41) is 53.0. The highest BCUT2D eigenvalue weighted by atomic mass is 16.7. The topological polar surface area (TPSA) is 230 Å². The second-order valence-electron chi connectivity index (χ2n) is 6.94. The van der Waals surface area contributed by atoms with Crippen LogP contribution < -0.4 is 0 Å². The molecule has 0 aromatic rings. The van der Waals surface area contributed by atoms with Crippen molar-refractivity contribution in [3.05, 3.63) is 10.4 Å². The van der Waals surface area contributed by atoms with Gasteiger partial charge in [-0.25, -0.2) is 0 Å². The molecule has 0 saturated carbocycles. The number of aliphatic hydroxyl groups is 5. The number of hydrogen-bond donors (Lipinski definition) is 5. The lowest BCUT2D eigenvalue weighted by Crippen LogP contribution is -2.64. The summed E-state index contributed by atoms with van der Waals surface area (Å²) in [5.41, 5.74) is 8.80. The van der Waals surface area contributed by atoms with Gasteiger partial charge < -0.3 is 49.2 Å². The zero-order chi connectivity index (χ0) is 23.3. The standard InChI is InChI=1S/C16H25N3O12/c1-5(21)27-4-8-13(14(28-6(2)22)9(18-19-17)15(26)29-8)31-16-12(25)11(24)10(23)7(3-20)30-16/h7-16,20,23-26H,3-4H2,1-2H3/t7-,8-,9?,10+,11+,12-,13-,14-,15?,16+/m1/s1. The van der Waals surface area contributed by atoms with E-state index in [0.717, 1.165) is 13.8 Å². The number of carbonyl (C=O) groups excluding carboxylic acids is 2. The van der Waals surface area contributed by atoms with Crippen LogP contribution in [-0.2, 0) is 33.3 Å². The van der Waals surface area contributed by atoms with E-state index in [4.69, 9.17) is 29.2 Å². The van der Waals surface area contributed by atoms with Crippen molar-refractivity contribution < 1.29 is 58.8 Å². The molecule has 0 aliphatic carbocycles. The molecule has 2 aliphatic rings. The second-order valence-corrected chi connectivity index (χ2v) is 6.94. The van der Waals surface area contributed by atoms with E-state index >= 15 is 0 Å². The Morgan fingerprint density at radius 2 is 1.68 bits per heavy atom. The summed E-state index contributed by atoms with van der Waals surface area (Å²) in [4.78, 5) is 25.4. The Bertz CT molecular complexity index is 687. The minimum absolute atomic E-state index is 0.491. The van der Waals surface area contributed by atoms with E-state index in [1.807, 2.05) is 0 Å². The molecular formula is C16H25N3O12. The molecule has 176 valence electrons. The molecule has 2 rings (SSSR count). The number of rotatable bonds is 7. The first kappa shape index (κ1) is 25.2. The van der Waals surface area contributed by atoms with Crippen LogP contribution in [-0.4, -0.2) is 112 Å². The fraction of sp³-hybridized carbons (Fsp3) is 0.875. The molecule has 0 spiro atoms. The molecule has 10 atom stereocenters. The first-order valence-corrected chi connectivity index (χ1v) is 9.25. The smallest absolute Gasteiger partial charge is 0.303 e. The highest BCUT2D eigenvalue weighted by Gasteiger charge is 2.52. The molecular weight excluding hydrogens is 426 g/mol. The Kier molecular flexibility index (Phi) is 8.93. The largest absolute Gasteiger partial charge is 0.463 e. The summed E-state index contributed by atoms with van der Waals surface area (Å²) < 4.78 is 26.2. The molecule has 0 radical (unpaired) electrons. The van der Waals surface area contributed by atoms with Gasteiger partial charge in [0.05, 0.1) is 6.61 Å². The number of hydrogen-bond acceptors (Lipinski definition) is 13. The minimum atomic E-state index is -1.81. The molecule has 0 amide bonds. The second kappa shape index (κ2) is 11.0. The average molecular weight is 451 g/mol. The van der Waals surface area contributed by atoms with Gasteiger partial charge in [-0.1, -0.05) is 5.11 Å². The maximum atomic E-state index is 11.6. The van der Waals surface area contributed by atoms with Crippen molar-refractivity contribution in [3.63, 3.8) is 0 Å². The monoisotopic (exact) mass is 451 g/mol. The molecule has 2 fully saturated rings. The van der Waals surface area contributed by atoms with Crippen LogP contribution in [0.2, 0.25) is 0 Å². The van der Waals surface area contributed by atoms with Crippen molar-refractivity contribution in [1.29, 1.82) is 0 Å². The molecule has 31 heavy (non-hydrogen) atoms. The number of esters is 2. The van der Waals surface area contributed by atoms with Crippen molar-refractivity contribution in [3.8, 4) is 0 Å². The number of azide groups is 1. The van der Waals surface area contributed by atoms with Crippen LogP contribution in [0.3, 0.4) is 0 Å². The summed E-state index contributed by atoms with van der Waals surface area (Å²) in [7, 11) is 0. The third-order valence-electron chi connectivity index (χ3n) is 4.71. The van der Waals surface area contributed by atoms with E-state index in [-0.39, 0.29) is 0 Å². The van der Waals surface area contributed by atoms with E-state index < -0.39 is 86.5 Å². The summed E-state index contributed by atoms with van der Waals surface area (Å²) >= 11 is 0. The van der Waals surface area contributed by atoms with Gasteiger partial charge in [0.15, 0.2) is 12.6 Å². The molecule has 5 N–H and O–H groups in total. The molecule has 15 nitrogen and oxygen atoms in total. The van der Waals surface area contributed by atoms with Gasteiger partial charge >= 0.3 is 11.9 Å². The van der Waals surface area contributed by atoms with E-state index in [1.165, 1.54) is 0 Å². The predicted molar refractivity (Wildman–Crippen MR) is 94.6 cm³/mol. The summed E-state index contributed by atoms with van der Waals surface area (Å²) in [5.74, 6) is -1.54. The van der Waals surface area contributed by atoms with Crippen LogP contribution in [0.4, 0.5) is 0 Å². The van der Waals surface area contributed by atoms with E-state index in [0.29, 0.717) is 0 Å². The molecule has 2 aliphatic heterocycles. The van der Waals surface area contributed by atoms with Crippen molar-refractivity contribution in [2.75, 3.05) is 13.2 Å². The Morgan fingerprint density at radius 1 is 1.00 bits per heavy atom. The average Bonchev–Trinajstić information content (AvgIpc) is 2.70. The zero-order valence-corrected chi connectivity index (χ0v) is 16.6. The first-order valence-electron chi connectivity index (χ1n) is 9.25. The third kappa shape index (κ3) is 6.00. The highest BCUT2D eigenvalue weighted by Crippen LogP contribution is 2.31. The predicted octanol–water partition coefficient (Wildman–Crippen LogP) is -2.94. The van der Waals surface area contributed by atoms with Gasteiger partial charge in [0, 0.05) is 18.8 Å². The van der Waals surface area contributed by atoms with Gasteiger partial charge in [0.2, 0.25) is 0 Å². The van der Waals surface area contributed by atoms with Gasteiger partial charge in [-0.15, -0.1) is 0 Å². The van der Waals surface area contributed by atoms with Crippen LogP contribution in [0.15, 0.2) is 5.11 Å². The molecule has 0 aromatic heterocycles. The van der Waals surface area contributed by atoms with Gasteiger partial charge in [0.1, 0.15) is 55.4 Å². The van der Waals surface area contributed by atoms with Crippen molar-refractivity contribution in [2.24, 2.45) is 5.11 Å². The Hall–Kier alpha value is -2.07. The van der Waals surface area contributed by atoms with Crippen LogP contribution in [0.25, 0.3) is 10.4 Å².